The van der Waals surface area contributed by atoms with Crippen LogP contribution in [0.1, 0.15) is 10.4 Å². The average Bonchev–Trinajstić information content (AvgIpc) is 2.50. The van der Waals surface area contributed by atoms with Crippen molar-refractivity contribution in [2.75, 3.05) is 5.75 Å². The maximum atomic E-state index is 13.2. The number of hydrogen-bond acceptors (Lipinski definition) is 4. The average molecular weight is 416 g/mol. The van der Waals surface area contributed by atoms with E-state index in [1.165, 1.54) is 18.2 Å². The third kappa shape index (κ3) is 4.33. The van der Waals surface area contributed by atoms with Crippen LogP contribution >= 0.6 is 0 Å². The summed E-state index contributed by atoms with van der Waals surface area (Å²) in [5, 5.41) is 0.872. The molecule has 12 heteroatoms. The summed E-state index contributed by atoms with van der Waals surface area (Å²) in [4.78, 5) is 12.0. The summed E-state index contributed by atoms with van der Waals surface area (Å²) >= 11 is 0. The fraction of sp³-hybridized carbons (Fsp3) is 0.267. The molecule has 0 heterocycles. The van der Waals surface area contributed by atoms with E-state index in [-0.39, 0.29) is 0 Å². The quantitative estimate of drug-likeness (QED) is 0.467. The Kier molecular flexibility index (Phi) is 5.18. The number of esters is 1. The smallest absolute Gasteiger partial charge is 0.435 e. The highest BCUT2D eigenvalue weighted by atomic mass is 32.2. The fourth-order valence-electron chi connectivity index (χ4n) is 2.26. The number of carbonyl (C=O) groups excluding carboxylic acids is 1. The first-order valence-electron chi connectivity index (χ1n) is 6.97. The molecule has 0 unspecified atom stereocenters. The lowest BCUT2D eigenvalue weighted by molar-refractivity contribution is -0.356. The molecule has 27 heavy (non-hydrogen) atoms. The first-order valence-corrected chi connectivity index (χ1v) is 8.58. The van der Waals surface area contributed by atoms with Crippen LogP contribution in [0.2, 0.25) is 0 Å². The summed E-state index contributed by atoms with van der Waals surface area (Å²) in [5.74, 6) is -4.98. The highest BCUT2D eigenvalue weighted by Crippen LogP contribution is 2.47. The van der Waals surface area contributed by atoms with Crippen molar-refractivity contribution in [3.8, 4) is 0 Å². The number of ether oxygens (including phenoxy) is 1. The van der Waals surface area contributed by atoms with Crippen molar-refractivity contribution in [1.82, 2.24) is 0 Å². The Labute approximate surface area is 148 Å². The van der Waals surface area contributed by atoms with E-state index in [1.807, 2.05) is 0 Å². The van der Waals surface area contributed by atoms with Crippen LogP contribution in [-0.2, 0) is 14.9 Å². The van der Waals surface area contributed by atoms with Crippen molar-refractivity contribution < 1.29 is 48.8 Å². The van der Waals surface area contributed by atoms with Crippen molar-refractivity contribution in [2.45, 2.75) is 18.0 Å². The zero-order chi connectivity index (χ0) is 20.7. The molecule has 148 valence electrons. The van der Waals surface area contributed by atoms with Crippen molar-refractivity contribution in [3.63, 3.8) is 0 Å². The minimum absolute atomic E-state index is 0.325. The van der Waals surface area contributed by atoms with Gasteiger partial charge < -0.3 is 4.74 Å². The molecule has 0 aliphatic heterocycles. The van der Waals surface area contributed by atoms with Gasteiger partial charge in [-0.2, -0.15) is 34.8 Å². The zero-order valence-corrected chi connectivity index (χ0v) is 13.8. The molecule has 0 saturated carbocycles. The molecule has 0 spiro atoms. The third-order valence-corrected chi connectivity index (χ3v) is 4.32. The van der Waals surface area contributed by atoms with Gasteiger partial charge in [0.15, 0.2) is 0 Å². The Balaban J connectivity index is 2.54. The molecule has 2 aromatic rings. The number of hydrogen-bond donors (Lipinski definition) is 1. The van der Waals surface area contributed by atoms with E-state index in [9.17, 15) is 39.6 Å². The highest BCUT2D eigenvalue weighted by Gasteiger charge is 2.76. The minimum atomic E-state index is -6.37. The van der Waals surface area contributed by atoms with Gasteiger partial charge in [0, 0.05) is 0 Å². The van der Waals surface area contributed by atoms with Crippen molar-refractivity contribution >= 4 is 26.9 Å². The molecular weight excluding hydrogens is 406 g/mol. The van der Waals surface area contributed by atoms with Gasteiger partial charge >= 0.3 is 23.9 Å². The molecule has 2 rings (SSSR count). The van der Waals surface area contributed by atoms with Crippen LogP contribution in [0.4, 0.5) is 26.3 Å². The number of rotatable bonds is 4. The van der Waals surface area contributed by atoms with Gasteiger partial charge in [-0.05, 0) is 22.9 Å². The van der Waals surface area contributed by atoms with Gasteiger partial charge in [-0.3, -0.25) is 4.55 Å². The standard InChI is InChI=1S/C15H10F6O5S/c16-14(17,18)13(15(19,20)21,8-27(23,24)25)26-12(22)11-6-5-9-3-1-2-4-10(9)7-11/h1-7H,8H2,(H,23,24,25). The Morgan fingerprint density at radius 2 is 1.44 bits per heavy atom. The largest absolute Gasteiger partial charge is 0.438 e. The first-order chi connectivity index (χ1) is 12.2. The second-order valence-corrected chi connectivity index (χ2v) is 6.95. The van der Waals surface area contributed by atoms with E-state index in [0.717, 1.165) is 12.1 Å². The molecule has 2 aromatic carbocycles. The van der Waals surface area contributed by atoms with Crippen LogP contribution in [0.5, 0.6) is 0 Å². The van der Waals surface area contributed by atoms with Gasteiger partial charge in [-0.15, -0.1) is 0 Å². The van der Waals surface area contributed by atoms with E-state index in [0.29, 0.717) is 10.8 Å². The van der Waals surface area contributed by atoms with Crippen LogP contribution in [0.25, 0.3) is 10.8 Å². The second-order valence-electron chi connectivity index (χ2n) is 5.50. The lowest BCUT2D eigenvalue weighted by atomic mass is 10.0. The Morgan fingerprint density at radius 1 is 0.926 bits per heavy atom. The van der Waals surface area contributed by atoms with E-state index >= 15 is 0 Å². The Hall–Kier alpha value is -2.34. The maximum absolute atomic E-state index is 13.2. The molecule has 0 amide bonds. The van der Waals surface area contributed by atoms with Crippen molar-refractivity contribution in [1.29, 1.82) is 0 Å². The van der Waals surface area contributed by atoms with E-state index in [1.54, 1.807) is 12.1 Å². The predicted octanol–water partition coefficient (Wildman–Crippen LogP) is 3.75. The number of carbonyl (C=O) groups is 1. The normalized spacial score (nSPS) is 13.6. The van der Waals surface area contributed by atoms with Crippen LogP contribution in [0, 0.1) is 0 Å². The first kappa shape index (κ1) is 21.0. The number of benzene rings is 2. The van der Waals surface area contributed by atoms with E-state index in [2.05, 4.69) is 4.74 Å². The lowest BCUT2D eigenvalue weighted by Gasteiger charge is -2.35. The predicted molar refractivity (Wildman–Crippen MR) is 80.6 cm³/mol. The zero-order valence-electron chi connectivity index (χ0n) is 13.0. The molecule has 0 aliphatic carbocycles. The summed E-state index contributed by atoms with van der Waals surface area (Å²) in [6, 6.07) is 9.34. The molecule has 0 aromatic heterocycles. The van der Waals surface area contributed by atoms with Gasteiger partial charge in [0.05, 0.1) is 5.56 Å². The van der Waals surface area contributed by atoms with Gasteiger partial charge in [-0.25, -0.2) is 4.79 Å². The molecule has 0 fully saturated rings. The van der Waals surface area contributed by atoms with Crippen LogP contribution in [-0.4, -0.2) is 42.6 Å². The fourth-order valence-corrected chi connectivity index (χ4v) is 3.16. The molecule has 0 saturated heterocycles. The third-order valence-electron chi connectivity index (χ3n) is 3.55. The monoisotopic (exact) mass is 416 g/mol. The molecule has 0 atom stereocenters. The van der Waals surface area contributed by atoms with Crippen molar-refractivity contribution in [3.05, 3.63) is 48.0 Å². The topological polar surface area (TPSA) is 80.7 Å². The second kappa shape index (κ2) is 6.68. The summed E-state index contributed by atoms with van der Waals surface area (Å²) in [7, 11) is -5.83. The lowest BCUT2D eigenvalue weighted by Crippen LogP contribution is -2.63. The number of alkyl halides is 6. The maximum Gasteiger partial charge on any atom is 0.438 e. The SMILES string of the molecule is O=C(OC(CS(=O)(=O)O)(C(F)(F)F)C(F)(F)F)c1ccc2ccccc2c1. The molecular formula is C15H10F6O5S. The summed E-state index contributed by atoms with van der Waals surface area (Å²) in [6.45, 7) is 0. The highest BCUT2D eigenvalue weighted by molar-refractivity contribution is 7.85. The number of halogens is 6. The van der Waals surface area contributed by atoms with Crippen LogP contribution in [0.15, 0.2) is 42.5 Å². The summed E-state index contributed by atoms with van der Waals surface area (Å²) < 4.78 is 113. The molecule has 1 N–H and O–H groups in total. The Bertz CT molecular complexity index is 951. The Morgan fingerprint density at radius 3 is 1.93 bits per heavy atom. The molecule has 0 aliphatic rings. The summed E-state index contributed by atoms with van der Waals surface area (Å²) in [6.07, 6.45) is -12.7. The van der Waals surface area contributed by atoms with Gasteiger partial charge in [0.1, 0.15) is 5.75 Å². The number of fused-ring (bicyclic) bond motifs is 1. The van der Waals surface area contributed by atoms with Gasteiger partial charge in [0.25, 0.3) is 10.1 Å². The van der Waals surface area contributed by atoms with Crippen LogP contribution in [0.3, 0.4) is 0 Å². The van der Waals surface area contributed by atoms with E-state index in [4.69, 9.17) is 4.55 Å². The van der Waals surface area contributed by atoms with Gasteiger partial charge in [-0.1, -0.05) is 30.3 Å². The van der Waals surface area contributed by atoms with Gasteiger partial charge in [0.2, 0.25) is 0 Å². The van der Waals surface area contributed by atoms with Crippen LogP contribution < -0.4 is 0 Å². The summed E-state index contributed by atoms with van der Waals surface area (Å²) in [5.41, 5.74) is -6.10. The molecule has 5 nitrogen and oxygen atoms in total. The molecule has 0 radical (unpaired) electrons. The molecule has 0 bridgehead atoms. The minimum Gasteiger partial charge on any atom is -0.435 e. The van der Waals surface area contributed by atoms with Crippen molar-refractivity contribution in [2.24, 2.45) is 0 Å². The van der Waals surface area contributed by atoms with E-state index < -0.39 is 45.4 Å².